The molecule has 0 nitrogen and oxygen atoms in total. The number of hydrogen-bond donors (Lipinski definition) is 0. The van der Waals surface area contributed by atoms with Crippen molar-refractivity contribution in [3.63, 3.8) is 0 Å². The number of aryl methyl sites for hydroxylation is 1. The van der Waals surface area contributed by atoms with Crippen LogP contribution in [0.4, 0.5) is 0 Å². The summed E-state index contributed by atoms with van der Waals surface area (Å²) in [6.45, 7) is 6.82. The molecule has 1 aromatic rings. The van der Waals surface area contributed by atoms with Crippen molar-refractivity contribution in [3.05, 3.63) is 33.8 Å². The van der Waals surface area contributed by atoms with Crippen molar-refractivity contribution in [1.82, 2.24) is 0 Å². The van der Waals surface area contributed by atoms with E-state index >= 15 is 0 Å². The van der Waals surface area contributed by atoms with Gasteiger partial charge >= 0.3 is 0 Å². The van der Waals surface area contributed by atoms with Crippen LogP contribution in [0.5, 0.6) is 0 Å². The first-order valence-corrected chi connectivity index (χ1v) is 7.21. The summed E-state index contributed by atoms with van der Waals surface area (Å²) in [5.74, 6) is 0.674. The third-order valence-electron chi connectivity index (χ3n) is 3.25. The van der Waals surface area contributed by atoms with Gasteiger partial charge in [-0.25, -0.2) is 0 Å². The van der Waals surface area contributed by atoms with Crippen LogP contribution in [0.2, 0.25) is 0 Å². The molecule has 0 aliphatic rings. The summed E-state index contributed by atoms with van der Waals surface area (Å²) in [6, 6.07) is 6.49. The van der Waals surface area contributed by atoms with E-state index < -0.39 is 0 Å². The van der Waals surface area contributed by atoms with E-state index in [-0.39, 0.29) is 0 Å². The van der Waals surface area contributed by atoms with Crippen molar-refractivity contribution in [1.29, 1.82) is 0 Å². The highest BCUT2D eigenvalue weighted by atomic mass is 79.9. The van der Waals surface area contributed by atoms with Crippen LogP contribution >= 0.6 is 15.9 Å². The van der Waals surface area contributed by atoms with Crippen molar-refractivity contribution < 1.29 is 0 Å². The van der Waals surface area contributed by atoms with Crippen LogP contribution in [0.3, 0.4) is 0 Å². The molecule has 1 rings (SSSR count). The Hall–Kier alpha value is -0.300. The van der Waals surface area contributed by atoms with Gasteiger partial charge in [-0.2, -0.15) is 0 Å². The number of halogens is 1. The number of benzene rings is 1. The summed E-state index contributed by atoms with van der Waals surface area (Å²) in [6.07, 6.45) is 6.74. The molecule has 0 amide bonds. The summed E-state index contributed by atoms with van der Waals surface area (Å²) in [4.78, 5) is 0. The Kier molecular flexibility index (Phi) is 6.12. The van der Waals surface area contributed by atoms with Gasteiger partial charge in [-0.1, -0.05) is 67.6 Å². The maximum Gasteiger partial charge on any atom is 0.0212 e. The Bertz CT molecular complexity index is 297. The zero-order valence-corrected chi connectivity index (χ0v) is 12.3. The maximum atomic E-state index is 3.67. The molecule has 0 saturated carbocycles. The smallest absolute Gasteiger partial charge is 0.0212 e. The summed E-state index contributed by atoms with van der Waals surface area (Å²) in [7, 11) is 0. The van der Waals surface area contributed by atoms with Crippen LogP contribution < -0.4 is 0 Å². The maximum absolute atomic E-state index is 3.67. The van der Waals surface area contributed by atoms with Crippen LogP contribution in [-0.4, -0.2) is 0 Å². The van der Waals surface area contributed by atoms with Gasteiger partial charge in [-0.3, -0.25) is 0 Å². The number of hydrogen-bond acceptors (Lipinski definition) is 0. The highest BCUT2D eigenvalue weighted by molar-refractivity contribution is 9.10. The second kappa shape index (κ2) is 7.11. The van der Waals surface area contributed by atoms with Gasteiger partial charge in [0, 0.05) is 4.47 Å². The summed E-state index contributed by atoms with van der Waals surface area (Å²) >= 11 is 3.67. The minimum Gasteiger partial charge on any atom is -0.0654 e. The molecular formula is C15H23Br. The Balaban J connectivity index is 2.55. The molecule has 90 valence electrons. The van der Waals surface area contributed by atoms with Gasteiger partial charge in [-0.15, -0.1) is 0 Å². The Labute approximate surface area is 109 Å². The Morgan fingerprint density at radius 3 is 2.56 bits per heavy atom. The van der Waals surface area contributed by atoms with Crippen LogP contribution in [0, 0.1) is 6.92 Å². The SMILES string of the molecule is CCCCCCC(C)c1c(C)cccc1Br. The molecule has 0 N–H and O–H groups in total. The van der Waals surface area contributed by atoms with Gasteiger partial charge in [0.2, 0.25) is 0 Å². The molecule has 0 saturated heterocycles. The lowest BCUT2D eigenvalue weighted by atomic mass is 9.92. The molecule has 0 radical (unpaired) electrons. The molecule has 1 atom stereocenters. The normalized spacial score (nSPS) is 12.8. The Morgan fingerprint density at radius 1 is 1.19 bits per heavy atom. The van der Waals surface area contributed by atoms with Crippen LogP contribution in [0.15, 0.2) is 22.7 Å². The van der Waals surface area contributed by atoms with Crippen molar-refractivity contribution in [3.8, 4) is 0 Å². The summed E-state index contributed by atoms with van der Waals surface area (Å²) in [5.41, 5.74) is 2.91. The largest absolute Gasteiger partial charge is 0.0654 e. The van der Waals surface area contributed by atoms with E-state index in [2.05, 4.69) is 54.9 Å². The first-order valence-electron chi connectivity index (χ1n) is 6.41. The molecule has 0 bridgehead atoms. The molecule has 0 fully saturated rings. The molecule has 0 heterocycles. The van der Waals surface area contributed by atoms with Gasteiger partial charge < -0.3 is 0 Å². The highest BCUT2D eigenvalue weighted by Gasteiger charge is 2.11. The van der Waals surface area contributed by atoms with E-state index in [4.69, 9.17) is 0 Å². The van der Waals surface area contributed by atoms with Gasteiger partial charge in [0.15, 0.2) is 0 Å². The monoisotopic (exact) mass is 282 g/mol. The van der Waals surface area contributed by atoms with E-state index in [0.717, 1.165) is 0 Å². The van der Waals surface area contributed by atoms with Crippen LogP contribution in [0.25, 0.3) is 0 Å². The zero-order chi connectivity index (χ0) is 12.0. The van der Waals surface area contributed by atoms with E-state index in [1.165, 1.54) is 47.7 Å². The predicted molar refractivity (Wildman–Crippen MR) is 76.1 cm³/mol. The lowest BCUT2D eigenvalue weighted by molar-refractivity contribution is 0.577. The molecule has 0 aromatic heterocycles. The minimum atomic E-state index is 0.674. The average Bonchev–Trinajstić information content (AvgIpc) is 2.24. The number of unbranched alkanes of at least 4 members (excludes halogenated alkanes) is 3. The molecule has 1 heteroatoms. The Morgan fingerprint density at radius 2 is 1.94 bits per heavy atom. The van der Waals surface area contributed by atoms with Crippen molar-refractivity contribution in [2.45, 2.75) is 58.8 Å². The highest BCUT2D eigenvalue weighted by Crippen LogP contribution is 2.31. The van der Waals surface area contributed by atoms with Crippen molar-refractivity contribution >= 4 is 15.9 Å². The first-order chi connectivity index (χ1) is 7.66. The third-order valence-corrected chi connectivity index (χ3v) is 3.95. The van der Waals surface area contributed by atoms with Gasteiger partial charge in [0.25, 0.3) is 0 Å². The molecule has 0 aliphatic carbocycles. The second-order valence-electron chi connectivity index (χ2n) is 4.72. The topological polar surface area (TPSA) is 0 Å². The lowest BCUT2D eigenvalue weighted by Gasteiger charge is -2.16. The summed E-state index contributed by atoms with van der Waals surface area (Å²) in [5, 5.41) is 0. The average molecular weight is 283 g/mol. The quantitative estimate of drug-likeness (QED) is 0.576. The van der Waals surface area contributed by atoms with E-state index in [1.807, 2.05) is 0 Å². The van der Waals surface area contributed by atoms with E-state index in [9.17, 15) is 0 Å². The molecule has 16 heavy (non-hydrogen) atoms. The zero-order valence-electron chi connectivity index (χ0n) is 10.7. The van der Waals surface area contributed by atoms with Gasteiger partial charge in [0.05, 0.1) is 0 Å². The predicted octanol–water partition coefficient (Wildman–Crippen LogP) is 5.83. The van der Waals surface area contributed by atoms with Gasteiger partial charge in [-0.05, 0) is 36.5 Å². The standard InChI is InChI=1S/C15H23Br/c1-4-5-6-7-9-12(2)15-13(3)10-8-11-14(15)16/h8,10-12H,4-7,9H2,1-3H3. The molecule has 1 aromatic carbocycles. The number of rotatable bonds is 6. The van der Waals surface area contributed by atoms with Crippen molar-refractivity contribution in [2.75, 3.05) is 0 Å². The summed E-state index contributed by atoms with van der Waals surface area (Å²) < 4.78 is 1.27. The minimum absolute atomic E-state index is 0.674. The van der Waals surface area contributed by atoms with Crippen molar-refractivity contribution in [2.24, 2.45) is 0 Å². The first kappa shape index (κ1) is 13.8. The fraction of sp³-hybridized carbons (Fsp3) is 0.600. The molecular weight excluding hydrogens is 260 g/mol. The lowest BCUT2D eigenvalue weighted by Crippen LogP contribution is -1.98. The van der Waals surface area contributed by atoms with Gasteiger partial charge in [0.1, 0.15) is 0 Å². The third kappa shape index (κ3) is 3.93. The van der Waals surface area contributed by atoms with E-state index in [0.29, 0.717) is 5.92 Å². The van der Waals surface area contributed by atoms with E-state index in [1.54, 1.807) is 0 Å². The molecule has 0 spiro atoms. The fourth-order valence-corrected chi connectivity index (χ4v) is 3.15. The second-order valence-corrected chi connectivity index (χ2v) is 5.58. The fourth-order valence-electron chi connectivity index (χ4n) is 2.29. The molecule has 0 aliphatic heterocycles. The van der Waals surface area contributed by atoms with Crippen LogP contribution in [-0.2, 0) is 0 Å². The van der Waals surface area contributed by atoms with Crippen LogP contribution in [0.1, 0.15) is 63.0 Å². The molecule has 1 unspecified atom stereocenters.